The largest absolute Gasteiger partial charge is 0.497 e. The molecule has 1 aliphatic carbocycles. The van der Waals surface area contributed by atoms with Gasteiger partial charge in [-0.25, -0.2) is 13.2 Å². The number of hydrogen-bond donors (Lipinski definition) is 1. The van der Waals surface area contributed by atoms with E-state index >= 15 is 8.78 Å². The highest BCUT2D eigenvalue weighted by molar-refractivity contribution is 6.12. The molecular formula is C30H32F3NO4. The summed E-state index contributed by atoms with van der Waals surface area (Å²) >= 11 is 0. The molecule has 1 fully saturated rings. The van der Waals surface area contributed by atoms with Gasteiger partial charge < -0.3 is 19.6 Å². The molecule has 0 radical (unpaired) electrons. The monoisotopic (exact) mass is 527 g/mol. The average Bonchev–Trinajstić information content (AvgIpc) is 2.96. The molecule has 0 aromatic heterocycles. The van der Waals surface area contributed by atoms with Crippen molar-refractivity contribution in [3.8, 4) is 5.75 Å². The smallest absolute Gasteiger partial charge is 0.190 e. The van der Waals surface area contributed by atoms with Gasteiger partial charge >= 0.3 is 0 Å². The Labute approximate surface area is 220 Å². The fourth-order valence-corrected chi connectivity index (χ4v) is 5.83. The number of carbonyl (C=O) groups is 2. The number of piperidine rings is 1. The lowest BCUT2D eigenvalue weighted by molar-refractivity contribution is -0.114. The van der Waals surface area contributed by atoms with Gasteiger partial charge in [0.25, 0.3) is 0 Å². The van der Waals surface area contributed by atoms with E-state index in [2.05, 4.69) is 5.32 Å². The molecule has 4 rings (SSSR count). The minimum absolute atomic E-state index is 0.0481. The molecule has 0 saturated carbocycles. The molecule has 38 heavy (non-hydrogen) atoms. The fraction of sp³-hybridized carbons (Fsp3) is 0.400. The summed E-state index contributed by atoms with van der Waals surface area (Å²) in [6.45, 7) is 2.39. The van der Waals surface area contributed by atoms with Crippen LogP contribution < -0.4 is 10.1 Å². The summed E-state index contributed by atoms with van der Waals surface area (Å²) < 4.78 is 58.6. The number of ether oxygens (including phenoxy) is 2. The van der Waals surface area contributed by atoms with Crippen LogP contribution in [0, 0.1) is 24.1 Å². The number of Topliss-reactive ketones (excluding diaryl/α,β-unsaturated/α-hetero) is 1. The number of allylic oxidation sites excluding steroid dienone is 4. The molecule has 0 spiro atoms. The van der Waals surface area contributed by atoms with E-state index in [4.69, 9.17) is 9.47 Å². The van der Waals surface area contributed by atoms with Crippen LogP contribution in [0.1, 0.15) is 40.7 Å². The quantitative estimate of drug-likeness (QED) is 0.341. The number of methoxy groups -OCH3 is 2. The molecule has 2 aliphatic rings. The van der Waals surface area contributed by atoms with Gasteiger partial charge in [-0.3, -0.25) is 4.79 Å². The van der Waals surface area contributed by atoms with Crippen LogP contribution in [0.4, 0.5) is 13.2 Å². The Hall–Kier alpha value is -3.23. The molecule has 2 aromatic rings. The van der Waals surface area contributed by atoms with Crippen LogP contribution in [0.25, 0.3) is 0 Å². The number of nitrogens with one attached hydrogen (secondary N) is 1. The summed E-state index contributed by atoms with van der Waals surface area (Å²) in [6, 6.07) is 10.6. The van der Waals surface area contributed by atoms with E-state index in [9.17, 15) is 14.0 Å². The molecule has 0 amide bonds. The number of hydrogen-bond acceptors (Lipinski definition) is 5. The average molecular weight is 528 g/mol. The van der Waals surface area contributed by atoms with E-state index < -0.39 is 40.0 Å². The van der Waals surface area contributed by atoms with Crippen LogP contribution in [-0.4, -0.2) is 46.0 Å². The van der Waals surface area contributed by atoms with Crippen LogP contribution in [0.15, 0.2) is 65.8 Å². The zero-order valence-electron chi connectivity index (χ0n) is 21.8. The minimum Gasteiger partial charge on any atom is -0.497 e. The van der Waals surface area contributed by atoms with Crippen molar-refractivity contribution in [1.82, 2.24) is 5.32 Å². The zero-order valence-corrected chi connectivity index (χ0v) is 21.8. The van der Waals surface area contributed by atoms with Gasteiger partial charge in [-0.2, -0.15) is 0 Å². The van der Waals surface area contributed by atoms with Crippen molar-refractivity contribution in [2.75, 3.05) is 33.9 Å². The molecule has 202 valence electrons. The van der Waals surface area contributed by atoms with Gasteiger partial charge in [-0.1, -0.05) is 30.3 Å². The SMILES string of the molecule is COCC[C@@]1(C=O)C=C(C(=O)c2cccc(OC)c2)[C@](c2cccc(F)c2C)(C2CCCNC2)C(F)=C1F. The topological polar surface area (TPSA) is 64.6 Å². The predicted octanol–water partition coefficient (Wildman–Crippen LogP) is 5.58. The van der Waals surface area contributed by atoms with Gasteiger partial charge in [0, 0.05) is 24.9 Å². The third-order valence-electron chi connectivity index (χ3n) is 7.88. The van der Waals surface area contributed by atoms with Gasteiger partial charge in [0.15, 0.2) is 5.78 Å². The lowest BCUT2D eigenvalue weighted by Gasteiger charge is -2.48. The number of benzene rings is 2. The Balaban J connectivity index is 2.10. The maximum Gasteiger partial charge on any atom is 0.190 e. The van der Waals surface area contributed by atoms with Gasteiger partial charge in [0.1, 0.15) is 34.9 Å². The second-order valence-corrected chi connectivity index (χ2v) is 9.91. The highest BCUT2D eigenvalue weighted by Crippen LogP contribution is 2.58. The first-order valence-corrected chi connectivity index (χ1v) is 12.7. The third-order valence-corrected chi connectivity index (χ3v) is 7.88. The van der Waals surface area contributed by atoms with Gasteiger partial charge in [0.2, 0.25) is 0 Å². The predicted molar refractivity (Wildman–Crippen MR) is 138 cm³/mol. The van der Waals surface area contributed by atoms with E-state index in [-0.39, 0.29) is 41.8 Å². The van der Waals surface area contributed by atoms with Crippen LogP contribution in [-0.2, 0) is 14.9 Å². The Bertz CT molecular complexity index is 1280. The molecular weight excluding hydrogens is 495 g/mol. The van der Waals surface area contributed by atoms with Crippen molar-refractivity contribution in [2.45, 2.75) is 31.6 Å². The van der Waals surface area contributed by atoms with Crippen molar-refractivity contribution in [3.63, 3.8) is 0 Å². The van der Waals surface area contributed by atoms with Crippen molar-refractivity contribution >= 4 is 12.1 Å². The van der Waals surface area contributed by atoms with Crippen LogP contribution in [0.5, 0.6) is 5.75 Å². The summed E-state index contributed by atoms with van der Waals surface area (Å²) in [6.07, 6.45) is 2.47. The Morgan fingerprint density at radius 3 is 2.55 bits per heavy atom. The Morgan fingerprint density at radius 2 is 1.89 bits per heavy atom. The van der Waals surface area contributed by atoms with Gasteiger partial charge in [-0.15, -0.1) is 0 Å². The summed E-state index contributed by atoms with van der Waals surface area (Å²) in [5, 5.41) is 3.23. The van der Waals surface area contributed by atoms with Crippen molar-refractivity contribution in [2.24, 2.45) is 11.3 Å². The summed E-state index contributed by atoms with van der Waals surface area (Å²) in [4.78, 5) is 26.8. The highest BCUT2D eigenvalue weighted by Gasteiger charge is 2.58. The Kier molecular flexibility index (Phi) is 8.23. The number of halogens is 3. The zero-order chi connectivity index (χ0) is 27.5. The molecule has 1 aliphatic heterocycles. The third kappa shape index (κ3) is 4.50. The molecule has 3 atom stereocenters. The number of rotatable bonds is 9. The van der Waals surface area contributed by atoms with E-state index in [0.29, 0.717) is 31.4 Å². The summed E-state index contributed by atoms with van der Waals surface area (Å²) in [5.74, 6) is -3.93. The van der Waals surface area contributed by atoms with Crippen molar-refractivity contribution < 1.29 is 32.2 Å². The molecule has 1 saturated heterocycles. The second kappa shape index (κ2) is 11.3. The fourth-order valence-electron chi connectivity index (χ4n) is 5.83. The molecule has 1 N–H and O–H groups in total. The number of aldehydes is 1. The standard InChI is InChI=1S/C30H32F3NO4/c1-19-23(10-5-11-25(19)31)30(21-8-6-13-34-17-21)24(26(36)20-7-4-9-22(15-20)38-3)16-29(18-35,12-14-37-2)27(32)28(30)33/h4-5,7,9-11,15-16,18,21,34H,6,8,12-14,17H2,1-3H3/t21?,29-,30+/m0/s1. The lowest BCUT2D eigenvalue weighted by atomic mass is 9.55. The van der Waals surface area contributed by atoms with E-state index in [1.165, 1.54) is 51.5 Å². The molecule has 1 heterocycles. The van der Waals surface area contributed by atoms with Crippen molar-refractivity contribution in [3.05, 3.63) is 88.3 Å². The molecule has 5 nitrogen and oxygen atoms in total. The van der Waals surface area contributed by atoms with Crippen molar-refractivity contribution in [1.29, 1.82) is 0 Å². The van der Waals surface area contributed by atoms with Crippen LogP contribution in [0.2, 0.25) is 0 Å². The molecule has 1 unspecified atom stereocenters. The first-order valence-electron chi connectivity index (χ1n) is 12.7. The van der Waals surface area contributed by atoms with E-state index in [1.54, 1.807) is 18.2 Å². The molecule has 0 bridgehead atoms. The lowest BCUT2D eigenvalue weighted by Crippen LogP contribution is -2.51. The molecule has 2 aromatic carbocycles. The number of carbonyl (C=O) groups excluding carboxylic acids is 2. The van der Waals surface area contributed by atoms with Gasteiger partial charge in [0.05, 0.1) is 12.5 Å². The summed E-state index contributed by atoms with van der Waals surface area (Å²) in [7, 11) is 2.84. The second-order valence-electron chi connectivity index (χ2n) is 9.91. The first kappa shape index (κ1) is 27.8. The van der Waals surface area contributed by atoms with Crippen LogP contribution >= 0.6 is 0 Å². The Morgan fingerprint density at radius 1 is 1.13 bits per heavy atom. The van der Waals surface area contributed by atoms with E-state index in [0.717, 1.165) is 0 Å². The molecule has 8 heteroatoms. The highest BCUT2D eigenvalue weighted by atomic mass is 19.2. The normalized spacial score (nSPS) is 25.6. The van der Waals surface area contributed by atoms with E-state index in [1.807, 2.05) is 0 Å². The van der Waals surface area contributed by atoms with Crippen LogP contribution in [0.3, 0.4) is 0 Å². The maximum absolute atomic E-state index is 17.0. The first-order chi connectivity index (χ1) is 18.3. The number of ketones is 1. The maximum atomic E-state index is 17.0. The minimum atomic E-state index is -2.04. The summed E-state index contributed by atoms with van der Waals surface area (Å²) in [5.41, 5.74) is -3.65. The van der Waals surface area contributed by atoms with Gasteiger partial charge in [-0.05, 0) is 74.5 Å².